The average molecular weight is 547 g/mol. The van der Waals surface area contributed by atoms with Crippen LogP contribution in [0.15, 0.2) is 106 Å². The fraction of sp³-hybridized carbons (Fsp3) is 0. The average Bonchev–Trinajstić information content (AvgIpc) is 2.89. The van der Waals surface area contributed by atoms with Gasteiger partial charge in [-0.2, -0.15) is 0 Å². The molecule has 0 atom stereocenters. The first-order chi connectivity index (χ1) is 17.3. The van der Waals surface area contributed by atoms with Crippen molar-refractivity contribution in [1.29, 1.82) is 0 Å². The molecule has 0 aliphatic rings. The molecule has 36 heavy (non-hydrogen) atoms. The Kier molecular flexibility index (Phi) is 7.16. The van der Waals surface area contributed by atoms with Gasteiger partial charge in [0.15, 0.2) is 0 Å². The SMILES string of the molecule is O=[N+]([O-])c1ccc(N=N/C(=C(/[O-])c2ccc([N+](=O)[O-])cc2)[n+]2cccc(-c3ccc(Br)cc3)n2)cc1. The summed E-state index contributed by atoms with van der Waals surface area (Å²) in [5.74, 6) is -0.762. The normalized spacial score (nSPS) is 11.8. The minimum atomic E-state index is -0.582. The summed E-state index contributed by atoms with van der Waals surface area (Å²) in [5.41, 5.74) is 1.49. The van der Waals surface area contributed by atoms with Crippen molar-refractivity contribution in [2.75, 3.05) is 0 Å². The van der Waals surface area contributed by atoms with Crippen LogP contribution in [-0.2, 0) is 0 Å². The molecule has 11 nitrogen and oxygen atoms in total. The van der Waals surface area contributed by atoms with Crippen LogP contribution in [-0.4, -0.2) is 14.9 Å². The topological polar surface area (TPSA) is 151 Å². The van der Waals surface area contributed by atoms with E-state index in [1.165, 1.54) is 59.4 Å². The molecule has 178 valence electrons. The van der Waals surface area contributed by atoms with Crippen molar-refractivity contribution in [2.45, 2.75) is 0 Å². The highest BCUT2D eigenvalue weighted by molar-refractivity contribution is 9.10. The molecule has 0 spiro atoms. The zero-order valence-corrected chi connectivity index (χ0v) is 19.8. The van der Waals surface area contributed by atoms with Crippen LogP contribution < -0.4 is 9.79 Å². The molecule has 4 aromatic rings. The Morgan fingerprint density at radius 3 is 2.00 bits per heavy atom. The molecule has 3 aromatic carbocycles. The van der Waals surface area contributed by atoms with Crippen LogP contribution in [0.5, 0.6) is 0 Å². The lowest BCUT2D eigenvalue weighted by Crippen LogP contribution is -2.37. The van der Waals surface area contributed by atoms with E-state index in [9.17, 15) is 25.3 Å². The molecule has 0 bridgehead atoms. The predicted molar refractivity (Wildman–Crippen MR) is 131 cm³/mol. The van der Waals surface area contributed by atoms with Crippen LogP contribution in [0.25, 0.3) is 22.8 Å². The van der Waals surface area contributed by atoms with Crippen LogP contribution in [0, 0.1) is 20.2 Å². The van der Waals surface area contributed by atoms with Gasteiger partial charge in [0.25, 0.3) is 11.4 Å². The van der Waals surface area contributed by atoms with E-state index in [-0.39, 0.29) is 28.4 Å². The van der Waals surface area contributed by atoms with E-state index in [1.54, 1.807) is 12.1 Å². The molecule has 0 unspecified atom stereocenters. The maximum Gasteiger partial charge on any atom is 0.368 e. The van der Waals surface area contributed by atoms with Gasteiger partial charge in [0.1, 0.15) is 17.6 Å². The number of benzene rings is 3. The third-order valence-corrected chi connectivity index (χ3v) is 5.45. The first kappa shape index (κ1) is 24.3. The molecule has 4 rings (SSSR count). The summed E-state index contributed by atoms with van der Waals surface area (Å²) in [7, 11) is 0. The van der Waals surface area contributed by atoms with E-state index in [0.717, 1.165) is 10.0 Å². The predicted octanol–water partition coefficient (Wildman–Crippen LogP) is 5.04. The standard InChI is InChI=1S/C24H15BrN6O5/c25-18-7-3-16(4-8-18)22-2-1-15-29(28-22)24(23(32)17-5-11-20(12-6-17)30(33)34)27-26-19-9-13-21(14-10-19)31(35)36/h1-15H. The number of azo groups is 1. The molecule has 1 aromatic heterocycles. The molecule has 0 saturated heterocycles. The van der Waals surface area contributed by atoms with Crippen LogP contribution in [0.4, 0.5) is 17.1 Å². The van der Waals surface area contributed by atoms with Gasteiger partial charge in [-0.25, -0.2) is 0 Å². The van der Waals surface area contributed by atoms with Crippen molar-refractivity contribution in [2.24, 2.45) is 10.2 Å². The zero-order chi connectivity index (χ0) is 25.7. The second-order valence-corrected chi connectivity index (χ2v) is 8.19. The molecule has 0 radical (unpaired) electrons. The summed E-state index contributed by atoms with van der Waals surface area (Å²) in [4.78, 5) is 20.8. The molecular formula is C24H15BrN6O5. The molecule has 0 saturated carbocycles. The third kappa shape index (κ3) is 5.62. The maximum absolute atomic E-state index is 13.4. The molecule has 0 N–H and O–H groups in total. The number of rotatable bonds is 7. The number of hydrogen-bond donors (Lipinski definition) is 0. The Morgan fingerprint density at radius 2 is 1.42 bits per heavy atom. The van der Waals surface area contributed by atoms with Gasteiger partial charge in [0, 0.05) is 40.1 Å². The smallest absolute Gasteiger partial charge is 0.368 e. The van der Waals surface area contributed by atoms with Gasteiger partial charge in [-0.15, -0.1) is 0 Å². The second-order valence-electron chi connectivity index (χ2n) is 7.28. The summed E-state index contributed by atoms with van der Waals surface area (Å²) in [6, 6.07) is 21.3. The highest BCUT2D eigenvalue weighted by Crippen LogP contribution is 2.23. The van der Waals surface area contributed by atoms with Crippen molar-refractivity contribution in [3.8, 4) is 11.3 Å². The number of non-ortho nitro benzene ring substituents is 2. The maximum atomic E-state index is 13.4. The summed E-state index contributed by atoms with van der Waals surface area (Å²) in [6.07, 6.45) is 1.52. The highest BCUT2D eigenvalue weighted by atomic mass is 79.9. The van der Waals surface area contributed by atoms with Gasteiger partial charge in [0.05, 0.1) is 15.0 Å². The fourth-order valence-corrected chi connectivity index (χ4v) is 3.36. The van der Waals surface area contributed by atoms with Crippen LogP contribution in [0.1, 0.15) is 5.56 Å². The summed E-state index contributed by atoms with van der Waals surface area (Å²) >= 11 is 3.39. The Hall–Kier alpha value is -4.84. The molecule has 12 heteroatoms. The lowest BCUT2D eigenvalue weighted by molar-refractivity contribution is -0.648. The molecule has 0 fully saturated rings. The van der Waals surface area contributed by atoms with Gasteiger partial charge in [-0.3, -0.25) is 20.2 Å². The zero-order valence-electron chi connectivity index (χ0n) is 18.3. The minimum Gasteiger partial charge on any atom is -0.866 e. The summed E-state index contributed by atoms with van der Waals surface area (Å²) < 4.78 is 2.16. The quantitative estimate of drug-likeness (QED) is 0.104. The number of aromatic nitrogens is 2. The first-order valence-corrected chi connectivity index (χ1v) is 11.1. The van der Waals surface area contributed by atoms with E-state index in [0.29, 0.717) is 5.69 Å². The fourth-order valence-electron chi connectivity index (χ4n) is 3.10. The van der Waals surface area contributed by atoms with Gasteiger partial charge in [-0.05, 0) is 59.2 Å². The Bertz CT molecular complexity index is 1490. The molecular weight excluding hydrogens is 532 g/mol. The summed E-state index contributed by atoms with van der Waals surface area (Å²) in [6.45, 7) is 0. The van der Waals surface area contributed by atoms with E-state index in [1.807, 2.05) is 24.3 Å². The second kappa shape index (κ2) is 10.6. The molecule has 0 aliphatic carbocycles. The van der Waals surface area contributed by atoms with Crippen molar-refractivity contribution in [3.63, 3.8) is 0 Å². The van der Waals surface area contributed by atoms with Crippen LogP contribution in [0.3, 0.4) is 0 Å². The number of nitrogens with zero attached hydrogens (tertiary/aromatic N) is 6. The lowest BCUT2D eigenvalue weighted by atomic mass is 10.1. The Morgan fingerprint density at radius 1 is 0.833 bits per heavy atom. The van der Waals surface area contributed by atoms with E-state index in [2.05, 4.69) is 31.3 Å². The van der Waals surface area contributed by atoms with Crippen molar-refractivity contribution >= 4 is 44.6 Å². The number of nitro benzene ring substituents is 2. The number of halogens is 1. The summed E-state index contributed by atoms with van der Waals surface area (Å²) in [5, 5.41) is 47.9. The van der Waals surface area contributed by atoms with Gasteiger partial charge in [-0.1, -0.05) is 37.8 Å². The van der Waals surface area contributed by atoms with Crippen molar-refractivity contribution in [3.05, 3.63) is 121 Å². The van der Waals surface area contributed by atoms with E-state index < -0.39 is 15.6 Å². The number of nitro groups is 2. The van der Waals surface area contributed by atoms with Gasteiger partial charge < -0.3 is 5.11 Å². The largest absolute Gasteiger partial charge is 0.866 e. The monoisotopic (exact) mass is 546 g/mol. The Balaban J connectivity index is 1.79. The molecule has 0 aliphatic heterocycles. The van der Waals surface area contributed by atoms with E-state index >= 15 is 0 Å². The first-order valence-electron chi connectivity index (χ1n) is 10.3. The highest BCUT2D eigenvalue weighted by Gasteiger charge is 2.18. The van der Waals surface area contributed by atoms with Gasteiger partial charge >= 0.3 is 5.82 Å². The Labute approximate surface area is 212 Å². The van der Waals surface area contributed by atoms with Crippen LogP contribution in [0.2, 0.25) is 0 Å². The third-order valence-electron chi connectivity index (χ3n) is 4.92. The van der Waals surface area contributed by atoms with Crippen molar-refractivity contribution in [1.82, 2.24) is 5.10 Å². The van der Waals surface area contributed by atoms with E-state index in [4.69, 9.17) is 0 Å². The van der Waals surface area contributed by atoms with Gasteiger partial charge in [0.2, 0.25) is 0 Å². The van der Waals surface area contributed by atoms with Crippen molar-refractivity contribution < 1.29 is 19.6 Å². The minimum absolute atomic E-state index is 0.113. The lowest BCUT2D eigenvalue weighted by Gasteiger charge is -2.11. The molecule has 1 heterocycles. The van der Waals surface area contributed by atoms with Crippen LogP contribution >= 0.6 is 15.9 Å². The number of hydrogen-bond acceptors (Lipinski definition) is 8. The molecule has 0 amide bonds.